The Balaban J connectivity index is 1.94. The van der Waals surface area contributed by atoms with E-state index in [0.717, 1.165) is 17.7 Å². The molecule has 0 bridgehead atoms. The van der Waals surface area contributed by atoms with E-state index in [1.54, 1.807) is 31.2 Å². The van der Waals surface area contributed by atoms with Crippen molar-refractivity contribution in [3.63, 3.8) is 0 Å². The van der Waals surface area contributed by atoms with Crippen LogP contribution in [0.3, 0.4) is 0 Å². The SMILES string of the molecule is CC(CC(=O)Nc1cccc(C(F)(F)F)c1)=NNC(=O)c1ccccc1C. The first-order valence-electron chi connectivity index (χ1n) is 8.03. The second-order valence-electron chi connectivity index (χ2n) is 5.91. The van der Waals surface area contributed by atoms with Gasteiger partial charge < -0.3 is 5.32 Å². The van der Waals surface area contributed by atoms with Crippen LogP contribution in [0.1, 0.15) is 34.8 Å². The zero-order valence-electron chi connectivity index (χ0n) is 14.7. The third-order valence-electron chi connectivity index (χ3n) is 3.63. The third kappa shape index (κ3) is 5.95. The standard InChI is InChI=1S/C19H18F3N3O2/c1-12-6-3-4-9-16(12)18(27)25-24-13(2)10-17(26)23-15-8-5-7-14(11-15)19(20,21)22/h3-9,11H,10H2,1-2H3,(H,23,26)(H,25,27). The van der Waals surface area contributed by atoms with Crippen molar-refractivity contribution in [3.8, 4) is 0 Å². The number of hydrazone groups is 1. The number of nitrogens with one attached hydrogen (secondary N) is 2. The highest BCUT2D eigenvalue weighted by atomic mass is 19.4. The van der Waals surface area contributed by atoms with Gasteiger partial charge in [-0.1, -0.05) is 24.3 Å². The predicted molar refractivity (Wildman–Crippen MR) is 96.4 cm³/mol. The van der Waals surface area contributed by atoms with Crippen LogP contribution in [-0.4, -0.2) is 17.5 Å². The zero-order valence-corrected chi connectivity index (χ0v) is 14.7. The number of carbonyl (C=O) groups is 2. The Hall–Kier alpha value is -3.16. The van der Waals surface area contributed by atoms with Crippen LogP contribution in [0.2, 0.25) is 0 Å². The van der Waals surface area contributed by atoms with Gasteiger partial charge in [-0.25, -0.2) is 5.43 Å². The van der Waals surface area contributed by atoms with Gasteiger partial charge in [-0.2, -0.15) is 18.3 Å². The van der Waals surface area contributed by atoms with Crippen molar-refractivity contribution in [2.24, 2.45) is 5.10 Å². The molecule has 0 aliphatic heterocycles. The molecular weight excluding hydrogens is 359 g/mol. The highest BCUT2D eigenvalue weighted by Gasteiger charge is 2.30. The van der Waals surface area contributed by atoms with Gasteiger partial charge in [0.05, 0.1) is 12.0 Å². The Labute approximate surface area is 154 Å². The summed E-state index contributed by atoms with van der Waals surface area (Å²) in [6, 6.07) is 11.3. The molecule has 0 aliphatic rings. The highest BCUT2D eigenvalue weighted by Crippen LogP contribution is 2.30. The van der Waals surface area contributed by atoms with Gasteiger partial charge in [-0.15, -0.1) is 0 Å². The molecule has 2 N–H and O–H groups in total. The van der Waals surface area contributed by atoms with Gasteiger partial charge in [0.15, 0.2) is 0 Å². The van der Waals surface area contributed by atoms with Crippen LogP contribution in [-0.2, 0) is 11.0 Å². The number of amides is 2. The van der Waals surface area contributed by atoms with Crippen LogP contribution < -0.4 is 10.7 Å². The van der Waals surface area contributed by atoms with Gasteiger partial charge in [0.25, 0.3) is 5.91 Å². The number of rotatable bonds is 5. The zero-order chi connectivity index (χ0) is 20.0. The van der Waals surface area contributed by atoms with Gasteiger partial charge in [0.1, 0.15) is 0 Å². The normalized spacial score (nSPS) is 11.8. The summed E-state index contributed by atoms with van der Waals surface area (Å²) in [5, 5.41) is 6.24. The Morgan fingerprint density at radius 3 is 2.44 bits per heavy atom. The second kappa shape index (κ2) is 8.48. The molecule has 0 radical (unpaired) electrons. The molecule has 2 aromatic rings. The Bertz CT molecular complexity index is 876. The Morgan fingerprint density at radius 2 is 1.78 bits per heavy atom. The van der Waals surface area contributed by atoms with Crippen molar-refractivity contribution in [1.82, 2.24) is 5.43 Å². The molecule has 2 rings (SSSR count). The maximum Gasteiger partial charge on any atom is 0.416 e. The van der Waals surface area contributed by atoms with Crippen molar-refractivity contribution < 1.29 is 22.8 Å². The summed E-state index contributed by atoms with van der Waals surface area (Å²) in [6.07, 6.45) is -4.66. The average molecular weight is 377 g/mol. The molecular formula is C19H18F3N3O2. The van der Waals surface area contributed by atoms with E-state index in [-0.39, 0.29) is 12.1 Å². The summed E-state index contributed by atoms with van der Waals surface area (Å²) in [5.41, 5.74) is 3.09. The first kappa shape index (κ1) is 20.2. The number of aryl methyl sites for hydroxylation is 1. The van der Waals surface area contributed by atoms with E-state index in [9.17, 15) is 22.8 Å². The van der Waals surface area contributed by atoms with Crippen LogP contribution >= 0.6 is 0 Å². The lowest BCUT2D eigenvalue weighted by atomic mass is 10.1. The summed E-state index contributed by atoms with van der Waals surface area (Å²) in [6.45, 7) is 3.32. The minimum absolute atomic E-state index is 0.0339. The summed E-state index contributed by atoms with van der Waals surface area (Å²) >= 11 is 0. The molecule has 0 fully saturated rings. The van der Waals surface area contributed by atoms with Crippen molar-refractivity contribution in [2.75, 3.05) is 5.32 Å². The number of hydrogen-bond acceptors (Lipinski definition) is 3. The minimum atomic E-state index is -4.49. The van der Waals surface area contributed by atoms with Crippen molar-refractivity contribution >= 4 is 23.2 Å². The van der Waals surface area contributed by atoms with Crippen LogP contribution in [0.4, 0.5) is 18.9 Å². The molecule has 0 aliphatic carbocycles. The lowest BCUT2D eigenvalue weighted by Crippen LogP contribution is -2.22. The topological polar surface area (TPSA) is 70.6 Å². The van der Waals surface area contributed by atoms with E-state index in [1.807, 2.05) is 0 Å². The van der Waals surface area contributed by atoms with Gasteiger partial charge >= 0.3 is 6.18 Å². The van der Waals surface area contributed by atoms with E-state index >= 15 is 0 Å². The molecule has 0 heterocycles. The molecule has 5 nitrogen and oxygen atoms in total. The number of hydrogen-bond donors (Lipinski definition) is 2. The third-order valence-corrected chi connectivity index (χ3v) is 3.63. The molecule has 27 heavy (non-hydrogen) atoms. The maximum atomic E-state index is 12.7. The van der Waals surface area contributed by atoms with Crippen LogP contribution in [0.15, 0.2) is 53.6 Å². The fraction of sp³-hybridized carbons (Fsp3) is 0.211. The quantitative estimate of drug-likeness (QED) is 0.607. The lowest BCUT2D eigenvalue weighted by molar-refractivity contribution is -0.137. The summed E-state index contributed by atoms with van der Waals surface area (Å²) in [5.74, 6) is -0.952. The molecule has 0 unspecified atom stereocenters. The first-order chi connectivity index (χ1) is 12.7. The fourth-order valence-electron chi connectivity index (χ4n) is 2.28. The molecule has 142 valence electrons. The van der Waals surface area contributed by atoms with Crippen molar-refractivity contribution in [3.05, 3.63) is 65.2 Å². The van der Waals surface area contributed by atoms with E-state index in [4.69, 9.17) is 0 Å². The van der Waals surface area contributed by atoms with E-state index in [0.29, 0.717) is 11.3 Å². The first-order valence-corrected chi connectivity index (χ1v) is 8.03. The van der Waals surface area contributed by atoms with Crippen LogP contribution in [0.25, 0.3) is 0 Å². The monoisotopic (exact) mass is 377 g/mol. The smallest absolute Gasteiger partial charge is 0.326 e. The molecule has 2 amide bonds. The van der Waals surface area contributed by atoms with Crippen LogP contribution in [0, 0.1) is 6.92 Å². The maximum absolute atomic E-state index is 12.7. The van der Waals surface area contributed by atoms with Crippen molar-refractivity contribution in [1.29, 1.82) is 0 Å². The number of halogens is 3. The van der Waals surface area contributed by atoms with E-state index < -0.39 is 23.6 Å². The summed E-state index contributed by atoms with van der Waals surface area (Å²) < 4.78 is 38.1. The number of alkyl halides is 3. The van der Waals surface area contributed by atoms with Crippen LogP contribution in [0.5, 0.6) is 0 Å². The summed E-state index contributed by atoms with van der Waals surface area (Å²) in [4.78, 5) is 24.0. The molecule has 0 atom stereocenters. The number of nitrogens with zero attached hydrogens (tertiary/aromatic N) is 1. The van der Waals surface area contributed by atoms with E-state index in [2.05, 4.69) is 15.8 Å². The Kier molecular flexibility index (Phi) is 6.33. The van der Waals surface area contributed by atoms with Crippen molar-refractivity contribution in [2.45, 2.75) is 26.4 Å². The predicted octanol–water partition coefficient (Wildman–Crippen LogP) is 4.15. The van der Waals surface area contributed by atoms with Gasteiger partial charge in [0, 0.05) is 17.0 Å². The fourth-order valence-corrected chi connectivity index (χ4v) is 2.28. The second-order valence-corrected chi connectivity index (χ2v) is 5.91. The largest absolute Gasteiger partial charge is 0.416 e. The Morgan fingerprint density at radius 1 is 1.07 bits per heavy atom. The van der Waals surface area contributed by atoms with Gasteiger partial charge in [-0.05, 0) is 43.7 Å². The van der Waals surface area contributed by atoms with Gasteiger partial charge in [0.2, 0.25) is 5.91 Å². The highest BCUT2D eigenvalue weighted by molar-refractivity contribution is 6.06. The molecule has 8 heteroatoms. The average Bonchev–Trinajstić information content (AvgIpc) is 2.59. The number of anilines is 1. The lowest BCUT2D eigenvalue weighted by Gasteiger charge is -2.10. The molecule has 0 saturated carbocycles. The molecule has 0 saturated heterocycles. The minimum Gasteiger partial charge on any atom is -0.326 e. The number of carbonyl (C=O) groups excluding carboxylic acids is 2. The molecule has 0 aromatic heterocycles. The molecule has 0 spiro atoms. The number of benzene rings is 2. The van der Waals surface area contributed by atoms with E-state index in [1.165, 1.54) is 19.1 Å². The summed E-state index contributed by atoms with van der Waals surface area (Å²) in [7, 11) is 0. The molecule has 2 aromatic carbocycles. The van der Waals surface area contributed by atoms with Gasteiger partial charge in [-0.3, -0.25) is 9.59 Å².